The first-order chi connectivity index (χ1) is 12.8. The van der Waals surface area contributed by atoms with Gasteiger partial charge in [-0.05, 0) is 36.3 Å². The lowest BCUT2D eigenvalue weighted by Crippen LogP contribution is -2.34. The quantitative estimate of drug-likeness (QED) is 0.470. The molecule has 3 rings (SSSR count). The van der Waals surface area contributed by atoms with E-state index in [9.17, 15) is 4.79 Å². The van der Waals surface area contributed by atoms with Crippen molar-refractivity contribution in [3.05, 3.63) is 91.0 Å². The summed E-state index contributed by atoms with van der Waals surface area (Å²) in [6, 6.07) is 31.8. The van der Waals surface area contributed by atoms with Gasteiger partial charge in [0.15, 0.2) is 0 Å². The van der Waals surface area contributed by atoms with Gasteiger partial charge in [-0.15, -0.1) is 0 Å². The second-order valence-electron chi connectivity index (χ2n) is 6.10. The van der Waals surface area contributed by atoms with E-state index < -0.39 is 7.26 Å². The van der Waals surface area contributed by atoms with Crippen LogP contribution in [-0.4, -0.2) is 18.7 Å². The summed E-state index contributed by atoms with van der Waals surface area (Å²) < 4.78 is 5.22. The molecule has 0 saturated carbocycles. The Morgan fingerprint density at radius 2 is 1.12 bits per heavy atom. The summed E-state index contributed by atoms with van der Waals surface area (Å²) in [7, 11) is -1.93. The highest BCUT2D eigenvalue weighted by atomic mass is 31.2. The van der Waals surface area contributed by atoms with E-state index in [1.165, 1.54) is 15.9 Å². The molecule has 26 heavy (non-hydrogen) atoms. The fourth-order valence-corrected chi connectivity index (χ4v) is 7.60. The zero-order valence-corrected chi connectivity index (χ0v) is 15.9. The lowest BCUT2D eigenvalue weighted by molar-refractivity contribution is -0.142. The smallest absolute Gasteiger partial charge is 0.306 e. The molecule has 0 N–H and O–H groups in total. The van der Waals surface area contributed by atoms with Crippen molar-refractivity contribution in [2.45, 2.75) is 13.3 Å². The molecule has 0 atom stereocenters. The number of hydrogen-bond donors (Lipinski definition) is 0. The molecule has 0 unspecified atom stereocenters. The molecular formula is C23H24O2P. The maximum absolute atomic E-state index is 12.2. The molecule has 0 aliphatic rings. The first kappa shape index (κ1) is 18.4. The van der Waals surface area contributed by atoms with E-state index in [-0.39, 0.29) is 5.97 Å². The number of benzene rings is 3. The van der Waals surface area contributed by atoms with E-state index in [0.717, 1.165) is 6.16 Å². The van der Waals surface area contributed by atoms with E-state index in [1.54, 1.807) is 0 Å². The van der Waals surface area contributed by atoms with Gasteiger partial charge in [-0.25, -0.2) is 0 Å². The molecule has 3 aromatic rings. The van der Waals surface area contributed by atoms with Crippen LogP contribution >= 0.6 is 7.26 Å². The Kier molecular flexibility index (Phi) is 6.20. The van der Waals surface area contributed by atoms with E-state index >= 15 is 0 Å². The Morgan fingerprint density at radius 3 is 1.46 bits per heavy atom. The summed E-state index contributed by atoms with van der Waals surface area (Å²) in [6.07, 6.45) is 1.18. The number of rotatable bonds is 7. The molecule has 133 valence electrons. The number of carbonyl (C=O) groups is 1. The number of hydrogen-bond acceptors (Lipinski definition) is 2. The van der Waals surface area contributed by atoms with Crippen LogP contribution in [0, 0.1) is 0 Å². The third-order valence-electron chi connectivity index (χ3n) is 4.55. The van der Waals surface area contributed by atoms with Crippen LogP contribution in [0.4, 0.5) is 0 Å². The molecule has 0 aliphatic carbocycles. The van der Waals surface area contributed by atoms with Crippen molar-refractivity contribution in [3.63, 3.8) is 0 Å². The first-order valence-electron chi connectivity index (χ1n) is 8.98. The van der Waals surface area contributed by atoms with Gasteiger partial charge in [0.25, 0.3) is 0 Å². The second kappa shape index (κ2) is 8.78. The summed E-state index contributed by atoms with van der Waals surface area (Å²) in [4.78, 5) is 12.2. The fraction of sp³-hybridized carbons (Fsp3) is 0.174. The van der Waals surface area contributed by atoms with Crippen LogP contribution in [0.3, 0.4) is 0 Å². The average Bonchev–Trinajstić information content (AvgIpc) is 2.71. The van der Waals surface area contributed by atoms with Crippen molar-refractivity contribution >= 4 is 29.1 Å². The minimum atomic E-state index is -1.93. The Hall–Kier alpha value is -2.44. The average molecular weight is 363 g/mol. The molecule has 0 amide bonds. The highest BCUT2D eigenvalue weighted by Crippen LogP contribution is 2.55. The first-order valence-corrected chi connectivity index (χ1v) is 11.0. The molecule has 1 radical (unpaired) electrons. The maximum Gasteiger partial charge on any atom is 0.306 e. The fourth-order valence-electron chi connectivity index (χ4n) is 3.37. The molecule has 0 heterocycles. The van der Waals surface area contributed by atoms with Crippen LogP contribution in [-0.2, 0) is 9.53 Å². The van der Waals surface area contributed by atoms with Crippen molar-refractivity contribution < 1.29 is 9.53 Å². The van der Waals surface area contributed by atoms with Crippen LogP contribution in [0.15, 0.2) is 91.0 Å². The van der Waals surface area contributed by atoms with Gasteiger partial charge in [0.2, 0.25) is 0 Å². The zero-order chi connectivity index (χ0) is 18.2. The van der Waals surface area contributed by atoms with Gasteiger partial charge in [0, 0.05) is 6.42 Å². The molecule has 0 fully saturated rings. The lowest BCUT2D eigenvalue weighted by Gasteiger charge is -2.38. The summed E-state index contributed by atoms with van der Waals surface area (Å²) in [6.45, 7) is 2.28. The monoisotopic (exact) mass is 363 g/mol. The van der Waals surface area contributed by atoms with Gasteiger partial charge in [-0.3, -0.25) is 4.79 Å². The van der Waals surface area contributed by atoms with Crippen LogP contribution in [0.25, 0.3) is 0 Å². The minimum absolute atomic E-state index is 0.125. The number of carbonyl (C=O) groups excluding carboxylic acids is 1. The molecule has 0 bridgehead atoms. The standard InChI is InChI=1S/C23H24O2P/c1-2-25-23(24)18-19-26(20-12-6-3-7-13-20,21-14-8-4-9-15-21)22-16-10-5-11-17-22/h3-17H,2,18-19H2,1H3. The predicted octanol–water partition coefficient (Wildman–Crippen LogP) is 3.93. The summed E-state index contributed by atoms with van der Waals surface area (Å²) in [5.41, 5.74) is 0. The summed E-state index contributed by atoms with van der Waals surface area (Å²) in [5.74, 6) is -0.125. The highest BCUT2D eigenvalue weighted by molar-refractivity contribution is 7.95. The summed E-state index contributed by atoms with van der Waals surface area (Å²) >= 11 is 0. The zero-order valence-electron chi connectivity index (χ0n) is 15.0. The third kappa shape index (κ3) is 3.86. The van der Waals surface area contributed by atoms with Gasteiger partial charge >= 0.3 is 5.97 Å². The number of ether oxygens (including phenoxy) is 1. The van der Waals surface area contributed by atoms with E-state index in [4.69, 9.17) is 4.74 Å². The van der Waals surface area contributed by atoms with Crippen molar-refractivity contribution in [1.82, 2.24) is 0 Å². The minimum Gasteiger partial charge on any atom is -0.466 e. The van der Waals surface area contributed by atoms with E-state index in [2.05, 4.69) is 72.8 Å². The molecule has 3 aromatic carbocycles. The van der Waals surface area contributed by atoms with Gasteiger partial charge in [-0.1, -0.05) is 91.0 Å². The Labute approximate surface area is 156 Å². The molecule has 0 saturated heterocycles. The normalized spacial score (nSPS) is 11.1. The van der Waals surface area contributed by atoms with Gasteiger partial charge in [-0.2, -0.15) is 0 Å². The summed E-state index contributed by atoms with van der Waals surface area (Å²) in [5, 5.41) is 3.88. The predicted molar refractivity (Wildman–Crippen MR) is 111 cm³/mol. The van der Waals surface area contributed by atoms with Gasteiger partial charge in [0.1, 0.15) is 0 Å². The number of esters is 1. The van der Waals surface area contributed by atoms with Crippen LogP contribution in [0.2, 0.25) is 0 Å². The van der Waals surface area contributed by atoms with Crippen LogP contribution < -0.4 is 15.9 Å². The molecular weight excluding hydrogens is 339 g/mol. The van der Waals surface area contributed by atoms with Crippen molar-refractivity contribution in [3.8, 4) is 0 Å². The molecule has 0 aliphatic heterocycles. The van der Waals surface area contributed by atoms with Gasteiger partial charge < -0.3 is 4.74 Å². The van der Waals surface area contributed by atoms with E-state index in [1.807, 2.05) is 25.1 Å². The lowest BCUT2D eigenvalue weighted by atomic mass is 10.3. The van der Waals surface area contributed by atoms with Crippen molar-refractivity contribution in [2.75, 3.05) is 12.8 Å². The molecule has 3 heteroatoms. The van der Waals surface area contributed by atoms with Gasteiger partial charge in [0.05, 0.1) is 6.61 Å². The largest absolute Gasteiger partial charge is 0.466 e. The topological polar surface area (TPSA) is 26.3 Å². The van der Waals surface area contributed by atoms with Crippen LogP contribution in [0.5, 0.6) is 0 Å². The van der Waals surface area contributed by atoms with Crippen molar-refractivity contribution in [1.29, 1.82) is 0 Å². The highest BCUT2D eigenvalue weighted by Gasteiger charge is 2.34. The second-order valence-corrected chi connectivity index (χ2v) is 9.71. The van der Waals surface area contributed by atoms with Crippen LogP contribution in [0.1, 0.15) is 13.3 Å². The maximum atomic E-state index is 12.2. The van der Waals surface area contributed by atoms with Crippen molar-refractivity contribution in [2.24, 2.45) is 0 Å². The Morgan fingerprint density at radius 1 is 0.731 bits per heavy atom. The third-order valence-corrected chi connectivity index (χ3v) is 8.98. The molecule has 2 nitrogen and oxygen atoms in total. The SMILES string of the molecule is CCOC(=O)CC[P](c1ccccc1)(c1ccccc1)c1ccccc1. The molecule has 0 aromatic heterocycles. The molecule has 0 spiro atoms. The van der Waals surface area contributed by atoms with E-state index in [0.29, 0.717) is 13.0 Å². The Balaban J connectivity index is 2.16. The Bertz CT molecular complexity index is 720.